The van der Waals surface area contributed by atoms with E-state index in [2.05, 4.69) is 11.4 Å². The molecule has 0 saturated carbocycles. The van der Waals surface area contributed by atoms with E-state index in [1.807, 2.05) is 24.3 Å². The number of amides is 1. The third-order valence-electron chi connectivity index (χ3n) is 3.58. The first-order chi connectivity index (χ1) is 9.65. The Kier molecular flexibility index (Phi) is 4.50. The second-order valence-electron chi connectivity index (χ2n) is 4.72. The quantitative estimate of drug-likeness (QED) is 0.830. The summed E-state index contributed by atoms with van der Waals surface area (Å²) in [5.74, 6) is 1.44. The maximum atomic E-state index is 10.9. The first kappa shape index (κ1) is 14.2. The summed E-state index contributed by atoms with van der Waals surface area (Å²) in [7, 11) is 3.19. The Labute approximate surface area is 118 Å². The fourth-order valence-corrected chi connectivity index (χ4v) is 2.58. The molecule has 2 rings (SSSR count). The van der Waals surface area contributed by atoms with Gasteiger partial charge in [-0.05, 0) is 30.5 Å². The Bertz CT molecular complexity index is 513. The first-order valence-corrected chi connectivity index (χ1v) is 6.52. The highest BCUT2D eigenvalue weighted by Crippen LogP contribution is 2.35. The normalized spacial score (nSPS) is 21.3. The molecular formula is C15H19NO4. The van der Waals surface area contributed by atoms with Crippen molar-refractivity contribution in [1.29, 1.82) is 0 Å². The van der Waals surface area contributed by atoms with Gasteiger partial charge in [0.2, 0.25) is 0 Å². The Morgan fingerprint density at radius 1 is 1.20 bits per heavy atom. The summed E-state index contributed by atoms with van der Waals surface area (Å²) in [5.41, 5.74) is 1.05. The maximum absolute atomic E-state index is 10.9. The van der Waals surface area contributed by atoms with Crippen molar-refractivity contribution in [1.82, 2.24) is 5.32 Å². The number of benzene rings is 1. The molecule has 5 nitrogen and oxygen atoms in total. The van der Waals surface area contributed by atoms with E-state index >= 15 is 0 Å². The van der Waals surface area contributed by atoms with Gasteiger partial charge in [-0.2, -0.15) is 0 Å². The van der Waals surface area contributed by atoms with E-state index < -0.39 is 6.09 Å². The molecule has 0 aliphatic heterocycles. The standard InChI is InChI=1S/C15H19NO4/c1-19-13-8-7-10(9-14(13)20-2)11-5-3-4-6-12(11)16-15(17)18/h3-4,7-9,11-12,16H,5-6H2,1-2H3,(H,17,18). The zero-order valence-corrected chi connectivity index (χ0v) is 11.6. The lowest BCUT2D eigenvalue weighted by molar-refractivity contribution is 0.187. The Morgan fingerprint density at radius 2 is 1.90 bits per heavy atom. The Hall–Kier alpha value is -2.17. The second-order valence-corrected chi connectivity index (χ2v) is 4.72. The van der Waals surface area contributed by atoms with Crippen LogP contribution in [0.25, 0.3) is 0 Å². The predicted octanol–water partition coefficient (Wildman–Crippen LogP) is 2.77. The van der Waals surface area contributed by atoms with Gasteiger partial charge < -0.3 is 19.9 Å². The average molecular weight is 277 g/mol. The van der Waals surface area contributed by atoms with Gasteiger partial charge >= 0.3 is 6.09 Å². The minimum Gasteiger partial charge on any atom is -0.493 e. The molecule has 0 heterocycles. The number of carbonyl (C=O) groups is 1. The van der Waals surface area contributed by atoms with Gasteiger partial charge in [-0.15, -0.1) is 0 Å². The van der Waals surface area contributed by atoms with Gasteiger partial charge in [0.25, 0.3) is 0 Å². The van der Waals surface area contributed by atoms with Gasteiger partial charge in [0.1, 0.15) is 0 Å². The molecule has 1 aliphatic carbocycles. The van der Waals surface area contributed by atoms with Crippen LogP contribution in [-0.4, -0.2) is 31.5 Å². The summed E-state index contributed by atoms with van der Waals surface area (Å²) in [6.07, 6.45) is 4.61. The summed E-state index contributed by atoms with van der Waals surface area (Å²) < 4.78 is 10.5. The van der Waals surface area contributed by atoms with Gasteiger partial charge in [0, 0.05) is 12.0 Å². The fraction of sp³-hybridized carbons (Fsp3) is 0.400. The Morgan fingerprint density at radius 3 is 2.55 bits per heavy atom. The molecule has 20 heavy (non-hydrogen) atoms. The molecule has 0 bridgehead atoms. The van der Waals surface area contributed by atoms with Crippen molar-refractivity contribution in [2.24, 2.45) is 0 Å². The summed E-state index contributed by atoms with van der Waals surface area (Å²) in [6.45, 7) is 0. The van der Waals surface area contributed by atoms with E-state index in [1.54, 1.807) is 14.2 Å². The van der Waals surface area contributed by atoms with Crippen LogP contribution in [-0.2, 0) is 0 Å². The van der Waals surface area contributed by atoms with Gasteiger partial charge in [-0.25, -0.2) is 4.79 Å². The highest BCUT2D eigenvalue weighted by atomic mass is 16.5. The fourth-order valence-electron chi connectivity index (χ4n) is 2.58. The van der Waals surface area contributed by atoms with E-state index in [9.17, 15) is 4.79 Å². The van der Waals surface area contributed by atoms with Crippen LogP contribution in [0.15, 0.2) is 30.4 Å². The number of hydrogen-bond acceptors (Lipinski definition) is 3. The molecule has 0 spiro atoms. The summed E-state index contributed by atoms with van der Waals surface area (Å²) >= 11 is 0. The molecule has 2 unspecified atom stereocenters. The van der Waals surface area contributed by atoms with Gasteiger partial charge in [-0.3, -0.25) is 0 Å². The average Bonchev–Trinajstić information content (AvgIpc) is 2.46. The number of hydrogen-bond donors (Lipinski definition) is 2. The molecule has 0 fully saturated rings. The predicted molar refractivity (Wildman–Crippen MR) is 75.6 cm³/mol. The minimum atomic E-state index is -0.990. The Balaban J connectivity index is 2.28. The highest BCUT2D eigenvalue weighted by Gasteiger charge is 2.26. The smallest absolute Gasteiger partial charge is 0.404 e. The van der Waals surface area contributed by atoms with Crippen molar-refractivity contribution in [2.45, 2.75) is 24.8 Å². The van der Waals surface area contributed by atoms with Crippen LogP contribution in [0.1, 0.15) is 24.3 Å². The number of ether oxygens (including phenoxy) is 2. The van der Waals surface area contributed by atoms with Crippen LogP contribution < -0.4 is 14.8 Å². The lowest BCUT2D eigenvalue weighted by atomic mass is 9.83. The van der Waals surface area contributed by atoms with Crippen LogP contribution >= 0.6 is 0 Å². The number of rotatable bonds is 4. The summed E-state index contributed by atoms with van der Waals surface area (Å²) in [6, 6.07) is 5.61. The molecule has 0 aromatic heterocycles. The molecule has 1 aromatic rings. The van der Waals surface area contributed by atoms with E-state index in [0.29, 0.717) is 17.9 Å². The molecular weight excluding hydrogens is 258 g/mol. The summed E-state index contributed by atoms with van der Waals surface area (Å²) in [5, 5.41) is 11.5. The van der Waals surface area contributed by atoms with Gasteiger partial charge in [-0.1, -0.05) is 18.2 Å². The molecule has 2 atom stereocenters. The molecule has 0 radical (unpaired) electrons. The van der Waals surface area contributed by atoms with E-state index in [1.165, 1.54) is 0 Å². The number of carboxylic acid groups (broad SMARTS) is 1. The maximum Gasteiger partial charge on any atom is 0.404 e. The molecule has 1 aliphatic rings. The zero-order chi connectivity index (χ0) is 14.5. The zero-order valence-electron chi connectivity index (χ0n) is 11.6. The SMILES string of the molecule is COc1ccc(C2CC=CCC2NC(=O)O)cc1OC. The minimum absolute atomic E-state index is 0.107. The summed E-state index contributed by atoms with van der Waals surface area (Å²) in [4.78, 5) is 10.9. The molecule has 0 saturated heterocycles. The molecule has 1 amide bonds. The molecule has 1 aromatic carbocycles. The van der Waals surface area contributed by atoms with E-state index in [4.69, 9.17) is 14.6 Å². The van der Waals surface area contributed by atoms with Crippen molar-refractivity contribution >= 4 is 6.09 Å². The number of nitrogens with one attached hydrogen (secondary N) is 1. The molecule has 108 valence electrons. The van der Waals surface area contributed by atoms with Crippen LogP contribution in [0.2, 0.25) is 0 Å². The lowest BCUT2D eigenvalue weighted by Gasteiger charge is -2.29. The van der Waals surface area contributed by atoms with Crippen molar-refractivity contribution in [3.05, 3.63) is 35.9 Å². The second kappa shape index (κ2) is 6.32. The van der Waals surface area contributed by atoms with Crippen molar-refractivity contribution in [3.63, 3.8) is 0 Å². The number of methoxy groups -OCH3 is 2. The topological polar surface area (TPSA) is 67.8 Å². The monoisotopic (exact) mass is 277 g/mol. The van der Waals surface area contributed by atoms with Crippen molar-refractivity contribution in [3.8, 4) is 11.5 Å². The van der Waals surface area contributed by atoms with Crippen LogP contribution in [0.4, 0.5) is 4.79 Å². The van der Waals surface area contributed by atoms with Crippen LogP contribution in [0.5, 0.6) is 11.5 Å². The van der Waals surface area contributed by atoms with E-state index in [-0.39, 0.29) is 12.0 Å². The van der Waals surface area contributed by atoms with Crippen LogP contribution in [0, 0.1) is 0 Å². The number of allylic oxidation sites excluding steroid dienone is 1. The first-order valence-electron chi connectivity index (χ1n) is 6.52. The van der Waals surface area contributed by atoms with Gasteiger partial charge in [0.15, 0.2) is 11.5 Å². The molecule has 2 N–H and O–H groups in total. The largest absolute Gasteiger partial charge is 0.493 e. The van der Waals surface area contributed by atoms with Gasteiger partial charge in [0.05, 0.1) is 14.2 Å². The van der Waals surface area contributed by atoms with Crippen molar-refractivity contribution < 1.29 is 19.4 Å². The molecule has 5 heteroatoms. The van der Waals surface area contributed by atoms with Crippen LogP contribution in [0.3, 0.4) is 0 Å². The van der Waals surface area contributed by atoms with E-state index in [0.717, 1.165) is 12.0 Å². The third kappa shape index (κ3) is 3.04. The lowest BCUT2D eigenvalue weighted by Crippen LogP contribution is -2.39. The highest BCUT2D eigenvalue weighted by molar-refractivity contribution is 5.65. The third-order valence-corrected chi connectivity index (χ3v) is 3.58. The van der Waals surface area contributed by atoms with Crippen molar-refractivity contribution in [2.75, 3.05) is 14.2 Å².